The fourth-order valence-corrected chi connectivity index (χ4v) is 2.46. The van der Waals surface area contributed by atoms with E-state index in [-0.39, 0.29) is 0 Å². The Morgan fingerprint density at radius 2 is 1.50 bits per heavy atom. The number of halogens is 1. The maximum absolute atomic E-state index is 5.41. The Bertz CT molecular complexity index is 661. The summed E-state index contributed by atoms with van der Waals surface area (Å²) >= 11 is 1.93. The molecule has 1 nitrogen and oxygen atoms in total. The van der Waals surface area contributed by atoms with Crippen molar-refractivity contribution in [1.29, 1.82) is 0 Å². The van der Waals surface area contributed by atoms with Crippen molar-refractivity contribution in [3.05, 3.63) is 54.6 Å². The Balaban J connectivity index is 2.57. The summed E-state index contributed by atoms with van der Waals surface area (Å²) in [5.41, 5.74) is 0. The standard InChI is InChI=1S/C14H9IO/c15-16-13-7-3-5-11-9-8-10-4-1-2-6-12(10)14(11)13/h1-9H. The minimum Gasteiger partial charge on any atom is -0.427 e. The van der Waals surface area contributed by atoms with Crippen molar-refractivity contribution in [2.75, 3.05) is 0 Å². The molecule has 3 aromatic carbocycles. The van der Waals surface area contributed by atoms with Gasteiger partial charge in [0.25, 0.3) is 0 Å². The van der Waals surface area contributed by atoms with Crippen molar-refractivity contribution in [1.82, 2.24) is 0 Å². The smallest absolute Gasteiger partial charge is 0.192 e. The van der Waals surface area contributed by atoms with Crippen molar-refractivity contribution < 1.29 is 3.07 Å². The van der Waals surface area contributed by atoms with E-state index in [1.807, 2.05) is 35.1 Å². The van der Waals surface area contributed by atoms with Crippen LogP contribution >= 0.6 is 23.0 Å². The molecule has 0 spiro atoms. The molecule has 2 heteroatoms. The summed E-state index contributed by atoms with van der Waals surface area (Å²) in [5, 5.41) is 4.89. The Labute approximate surface area is 108 Å². The fraction of sp³-hybridized carbons (Fsp3) is 0. The van der Waals surface area contributed by atoms with Gasteiger partial charge in [0.2, 0.25) is 0 Å². The molecule has 0 bridgehead atoms. The molecular weight excluding hydrogens is 311 g/mol. The molecule has 16 heavy (non-hydrogen) atoms. The molecule has 0 radical (unpaired) electrons. The van der Waals surface area contributed by atoms with E-state index < -0.39 is 0 Å². The summed E-state index contributed by atoms with van der Waals surface area (Å²) in [6.45, 7) is 0. The van der Waals surface area contributed by atoms with Crippen LogP contribution in [0, 0.1) is 0 Å². The first-order valence-electron chi connectivity index (χ1n) is 5.09. The third-order valence-corrected chi connectivity index (χ3v) is 3.29. The van der Waals surface area contributed by atoms with Gasteiger partial charge in [-0.2, -0.15) is 0 Å². The van der Waals surface area contributed by atoms with Crippen molar-refractivity contribution in [2.45, 2.75) is 0 Å². The highest BCUT2D eigenvalue weighted by Crippen LogP contribution is 2.33. The average molecular weight is 320 g/mol. The van der Waals surface area contributed by atoms with Crippen LogP contribution in [0.5, 0.6) is 5.75 Å². The molecule has 0 aliphatic carbocycles. The summed E-state index contributed by atoms with van der Waals surface area (Å²) in [7, 11) is 0. The Kier molecular flexibility index (Phi) is 2.44. The number of hydrogen-bond acceptors (Lipinski definition) is 1. The van der Waals surface area contributed by atoms with Gasteiger partial charge in [0.15, 0.2) is 23.0 Å². The molecule has 0 amide bonds. The molecule has 0 aromatic heterocycles. The Hall–Kier alpha value is -1.29. The van der Waals surface area contributed by atoms with Crippen LogP contribution < -0.4 is 3.07 Å². The minimum absolute atomic E-state index is 0.926. The van der Waals surface area contributed by atoms with Crippen LogP contribution in [0.3, 0.4) is 0 Å². The van der Waals surface area contributed by atoms with Crippen molar-refractivity contribution in [3.8, 4) is 5.75 Å². The van der Waals surface area contributed by atoms with Crippen LogP contribution in [0.4, 0.5) is 0 Å². The van der Waals surface area contributed by atoms with Gasteiger partial charge in [-0.15, -0.1) is 0 Å². The lowest BCUT2D eigenvalue weighted by Gasteiger charge is -2.07. The van der Waals surface area contributed by atoms with Gasteiger partial charge < -0.3 is 3.07 Å². The Morgan fingerprint density at radius 3 is 2.38 bits per heavy atom. The Morgan fingerprint density at radius 1 is 0.750 bits per heavy atom. The minimum atomic E-state index is 0.926. The molecular formula is C14H9IO. The van der Waals surface area contributed by atoms with Gasteiger partial charge in [-0.1, -0.05) is 48.5 Å². The SMILES string of the molecule is IOc1cccc2ccc3ccccc3c12. The highest BCUT2D eigenvalue weighted by atomic mass is 127. The maximum atomic E-state index is 5.41. The molecule has 0 atom stereocenters. The van der Waals surface area contributed by atoms with Crippen molar-refractivity contribution in [3.63, 3.8) is 0 Å². The number of fused-ring (bicyclic) bond motifs is 3. The zero-order chi connectivity index (χ0) is 11.0. The third kappa shape index (κ3) is 1.45. The molecule has 78 valence electrons. The molecule has 0 unspecified atom stereocenters. The average Bonchev–Trinajstić information content (AvgIpc) is 2.37. The molecule has 0 aliphatic rings. The van der Waals surface area contributed by atoms with E-state index in [0.717, 1.165) is 5.75 Å². The molecule has 3 rings (SSSR count). The largest absolute Gasteiger partial charge is 0.427 e. The van der Waals surface area contributed by atoms with E-state index >= 15 is 0 Å². The van der Waals surface area contributed by atoms with Crippen LogP contribution in [-0.2, 0) is 0 Å². The van der Waals surface area contributed by atoms with E-state index in [2.05, 4.69) is 42.5 Å². The van der Waals surface area contributed by atoms with Crippen LogP contribution in [-0.4, -0.2) is 0 Å². The topological polar surface area (TPSA) is 9.23 Å². The number of benzene rings is 3. The van der Waals surface area contributed by atoms with Gasteiger partial charge in [-0.25, -0.2) is 0 Å². The third-order valence-electron chi connectivity index (χ3n) is 2.81. The van der Waals surface area contributed by atoms with Gasteiger partial charge >= 0.3 is 0 Å². The molecule has 0 saturated heterocycles. The van der Waals surface area contributed by atoms with Gasteiger partial charge in [0.1, 0.15) is 5.75 Å². The molecule has 0 heterocycles. The first-order chi connectivity index (χ1) is 7.90. The van der Waals surface area contributed by atoms with Gasteiger partial charge in [0.05, 0.1) is 0 Å². The lowest BCUT2D eigenvalue weighted by atomic mass is 10.0. The summed E-state index contributed by atoms with van der Waals surface area (Å²) < 4.78 is 5.41. The second-order valence-electron chi connectivity index (χ2n) is 3.72. The van der Waals surface area contributed by atoms with E-state index in [0.29, 0.717) is 0 Å². The molecule has 0 fully saturated rings. The maximum Gasteiger partial charge on any atom is 0.192 e. The van der Waals surface area contributed by atoms with Crippen LogP contribution in [0.1, 0.15) is 0 Å². The predicted molar refractivity (Wildman–Crippen MR) is 76.1 cm³/mol. The normalized spacial score (nSPS) is 10.8. The lowest BCUT2D eigenvalue weighted by Crippen LogP contribution is -1.81. The molecule has 0 aliphatic heterocycles. The van der Waals surface area contributed by atoms with Gasteiger partial charge in [-0.05, 0) is 22.2 Å². The zero-order valence-electron chi connectivity index (χ0n) is 8.48. The quantitative estimate of drug-likeness (QED) is 0.466. The lowest BCUT2D eigenvalue weighted by molar-refractivity contribution is 0.727. The van der Waals surface area contributed by atoms with Crippen molar-refractivity contribution >= 4 is 44.6 Å². The number of rotatable bonds is 1. The van der Waals surface area contributed by atoms with Gasteiger partial charge in [0, 0.05) is 5.39 Å². The van der Waals surface area contributed by atoms with Gasteiger partial charge in [-0.3, -0.25) is 0 Å². The number of hydrogen-bond donors (Lipinski definition) is 0. The monoisotopic (exact) mass is 320 g/mol. The molecule has 3 aromatic rings. The zero-order valence-corrected chi connectivity index (χ0v) is 10.6. The highest BCUT2D eigenvalue weighted by molar-refractivity contribution is 14.1. The first kappa shape index (κ1) is 9.90. The highest BCUT2D eigenvalue weighted by Gasteiger charge is 2.05. The molecule has 0 N–H and O–H groups in total. The summed E-state index contributed by atoms with van der Waals surface area (Å²) in [6, 6.07) is 18.8. The fourth-order valence-electron chi connectivity index (χ4n) is 2.09. The predicted octanol–water partition coefficient (Wildman–Crippen LogP) is 4.72. The summed E-state index contributed by atoms with van der Waals surface area (Å²) in [6.07, 6.45) is 0. The van der Waals surface area contributed by atoms with E-state index in [1.165, 1.54) is 21.5 Å². The van der Waals surface area contributed by atoms with Crippen LogP contribution in [0.15, 0.2) is 54.6 Å². The summed E-state index contributed by atoms with van der Waals surface area (Å²) in [5.74, 6) is 0.926. The van der Waals surface area contributed by atoms with E-state index in [9.17, 15) is 0 Å². The summed E-state index contributed by atoms with van der Waals surface area (Å²) in [4.78, 5) is 0. The van der Waals surface area contributed by atoms with Crippen LogP contribution in [0.25, 0.3) is 21.5 Å². The second kappa shape index (κ2) is 3.94. The van der Waals surface area contributed by atoms with E-state index in [4.69, 9.17) is 3.07 Å². The second-order valence-corrected chi connectivity index (χ2v) is 4.16. The molecule has 0 saturated carbocycles. The first-order valence-corrected chi connectivity index (χ1v) is 5.97. The van der Waals surface area contributed by atoms with E-state index in [1.54, 1.807) is 0 Å². The van der Waals surface area contributed by atoms with Crippen molar-refractivity contribution in [2.24, 2.45) is 0 Å². The van der Waals surface area contributed by atoms with Crippen LogP contribution in [0.2, 0.25) is 0 Å².